The zero-order valence-corrected chi connectivity index (χ0v) is 13.8. The largest absolute Gasteiger partial charge is 0.383 e. The minimum atomic E-state index is -3.71. The Bertz CT molecular complexity index is 665. The molecule has 0 saturated carbocycles. The SMILES string of the molecule is CNc1ccc(S(=O)(=O)N2C[C@H](C)C[C@H](C)C2)cc1[N+](=O)[O-]. The Labute approximate surface area is 130 Å². The number of nitrogens with one attached hydrogen (secondary N) is 1. The summed E-state index contributed by atoms with van der Waals surface area (Å²) in [5.41, 5.74) is 0.0611. The molecule has 2 atom stereocenters. The quantitative estimate of drug-likeness (QED) is 0.676. The van der Waals surface area contributed by atoms with Gasteiger partial charge in [0.1, 0.15) is 5.69 Å². The maximum Gasteiger partial charge on any atom is 0.293 e. The smallest absolute Gasteiger partial charge is 0.293 e. The fourth-order valence-corrected chi connectivity index (χ4v) is 4.69. The molecule has 0 radical (unpaired) electrons. The first-order chi connectivity index (χ1) is 10.3. The summed E-state index contributed by atoms with van der Waals surface area (Å²) in [5, 5.41) is 13.8. The molecule has 7 nitrogen and oxygen atoms in total. The van der Waals surface area contributed by atoms with Crippen molar-refractivity contribution in [3.63, 3.8) is 0 Å². The number of benzene rings is 1. The Kier molecular flexibility index (Phi) is 4.72. The van der Waals surface area contributed by atoms with E-state index in [1.165, 1.54) is 16.4 Å². The van der Waals surface area contributed by atoms with Crippen LogP contribution in [-0.4, -0.2) is 37.8 Å². The van der Waals surface area contributed by atoms with E-state index in [9.17, 15) is 18.5 Å². The third-order valence-corrected chi connectivity index (χ3v) is 5.74. The summed E-state index contributed by atoms with van der Waals surface area (Å²) in [4.78, 5) is 10.5. The van der Waals surface area contributed by atoms with Crippen LogP contribution in [0.1, 0.15) is 20.3 Å². The number of piperidine rings is 1. The number of sulfonamides is 1. The lowest BCUT2D eigenvalue weighted by Gasteiger charge is -2.34. The lowest BCUT2D eigenvalue weighted by Crippen LogP contribution is -2.42. The zero-order valence-electron chi connectivity index (χ0n) is 12.9. The van der Waals surface area contributed by atoms with Gasteiger partial charge in [-0.3, -0.25) is 10.1 Å². The van der Waals surface area contributed by atoms with E-state index in [0.29, 0.717) is 18.8 Å². The number of nitro groups is 1. The highest BCUT2D eigenvalue weighted by atomic mass is 32.2. The van der Waals surface area contributed by atoms with Gasteiger partial charge in [-0.2, -0.15) is 4.31 Å². The van der Waals surface area contributed by atoms with E-state index in [0.717, 1.165) is 12.5 Å². The van der Waals surface area contributed by atoms with Gasteiger partial charge in [0.15, 0.2) is 0 Å². The first-order valence-electron chi connectivity index (χ1n) is 7.22. The van der Waals surface area contributed by atoms with E-state index < -0.39 is 14.9 Å². The average molecular weight is 327 g/mol. The minimum Gasteiger partial charge on any atom is -0.383 e. The summed E-state index contributed by atoms with van der Waals surface area (Å²) < 4.78 is 26.9. The number of nitro benzene ring substituents is 1. The van der Waals surface area contributed by atoms with Gasteiger partial charge in [-0.05, 0) is 30.4 Å². The van der Waals surface area contributed by atoms with Crippen molar-refractivity contribution in [2.75, 3.05) is 25.5 Å². The van der Waals surface area contributed by atoms with Crippen LogP contribution in [0.4, 0.5) is 11.4 Å². The summed E-state index contributed by atoms with van der Waals surface area (Å²) in [7, 11) is -2.15. The van der Waals surface area contributed by atoms with Gasteiger partial charge < -0.3 is 5.32 Å². The maximum atomic E-state index is 12.7. The monoisotopic (exact) mass is 327 g/mol. The Morgan fingerprint density at radius 2 is 1.86 bits per heavy atom. The number of nitrogens with zero attached hydrogens (tertiary/aromatic N) is 2. The molecule has 1 N–H and O–H groups in total. The molecule has 22 heavy (non-hydrogen) atoms. The predicted molar refractivity (Wildman–Crippen MR) is 84.3 cm³/mol. The Hall–Kier alpha value is -1.67. The zero-order chi connectivity index (χ0) is 16.5. The van der Waals surface area contributed by atoms with Crippen molar-refractivity contribution >= 4 is 21.4 Å². The van der Waals surface area contributed by atoms with Crippen LogP contribution in [0.5, 0.6) is 0 Å². The molecule has 0 amide bonds. The Morgan fingerprint density at radius 3 is 2.36 bits per heavy atom. The standard InChI is InChI=1S/C14H21N3O4S/c1-10-6-11(2)9-16(8-10)22(20,21)12-4-5-13(15-3)14(7-12)17(18)19/h4-5,7,10-11,15H,6,8-9H2,1-3H3/t10-,11+. The van der Waals surface area contributed by atoms with Crippen molar-refractivity contribution in [1.82, 2.24) is 4.31 Å². The van der Waals surface area contributed by atoms with Crippen LogP contribution in [0.2, 0.25) is 0 Å². The molecular formula is C14H21N3O4S. The number of hydrogen-bond acceptors (Lipinski definition) is 5. The van der Waals surface area contributed by atoms with Gasteiger partial charge in [0.05, 0.1) is 9.82 Å². The molecule has 1 aliphatic rings. The average Bonchev–Trinajstić information content (AvgIpc) is 2.45. The third-order valence-electron chi connectivity index (χ3n) is 3.91. The number of anilines is 1. The van der Waals surface area contributed by atoms with Crippen molar-refractivity contribution in [3.8, 4) is 0 Å². The Balaban J connectivity index is 2.41. The first-order valence-corrected chi connectivity index (χ1v) is 8.66. The number of hydrogen-bond donors (Lipinski definition) is 1. The van der Waals surface area contributed by atoms with Gasteiger partial charge >= 0.3 is 0 Å². The molecule has 0 spiro atoms. The topological polar surface area (TPSA) is 92.6 Å². The van der Waals surface area contributed by atoms with Crippen LogP contribution < -0.4 is 5.32 Å². The van der Waals surface area contributed by atoms with Gasteiger partial charge in [0, 0.05) is 26.2 Å². The van der Waals surface area contributed by atoms with Crippen molar-refractivity contribution in [2.24, 2.45) is 11.8 Å². The van der Waals surface area contributed by atoms with Gasteiger partial charge in [0.25, 0.3) is 5.69 Å². The molecule has 2 rings (SSSR count). The van der Waals surface area contributed by atoms with Crippen LogP contribution >= 0.6 is 0 Å². The molecular weight excluding hydrogens is 306 g/mol. The molecule has 122 valence electrons. The second-order valence-corrected chi connectivity index (χ2v) is 7.89. The van der Waals surface area contributed by atoms with E-state index in [1.54, 1.807) is 7.05 Å². The lowest BCUT2D eigenvalue weighted by molar-refractivity contribution is -0.384. The lowest BCUT2D eigenvalue weighted by atomic mass is 9.94. The van der Waals surface area contributed by atoms with Crippen molar-refractivity contribution < 1.29 is 13.3 Å². The minimum absolute atomic E-state index is 0.0282. The van der Waals surface area contributed by atoms with Gasteiger partial charge in [-0.25, -0.2) is 8.42 Å². The summed E-state index contributed by atoms with van der Waals surface area (Å²) in [5.74, 6) is 0.565. The van der Waals surface area contributed by atoms with Crippen molar-refractivity contribution in [3.05, 3.63) is 28.3 Å². The van der Waals surface area contributed by atoms with Crippen LogP contribution in [0, 0.1) is 22.0 Å². The van der Waals surface area contributed by atoms with Crippen molar-refractivity contribution in [1.29, 1.82) is 0 Å². The molecule has 0 aromatic heterocycles. The molecule has 1 saturated heterocycles. The molecule has 1 heterocycles. The first kappa shape index (κ1) is 16.7. The molecule has 0 unspecified atom stereocenters. The molecule has 1 fully saturated rings. The van der Waals surface area contributed by atoms with Crippen molar-refractivity contribution in [2.45, 2.75) is 25.2 Å². The second-order valence-electron chi connectivity index (χ2n) is 5.95. The van der Waals surface area contributed by atoms with E-state index >= 15 is 0 Å². The van der Waals surface area contributed by atoms with Crippen LogP contribution in [-0.2, 0) is 10.0 Å². The van der Waals surface area contributed by atoms with E-state index in [1.807, 2.05) is 13.8 Å². The summed E-state index contributed by atoms with van der Waals surface area (Å²) in [6.07, 6.45) is 0.991. The van der Waals surface area contributed by atoms with Crippen LogP contribution in [0.15, 0.2) is 23.1 Å². The highest BCUT2D eigenvalue weighted by Gasteiger charge is 2.32. The summed E-state index contributed by atoms with van der Waals surface area (Å²) in [6, 6.07) is 3.98. The van der Waals surface area contributed by atoms with E-state index in [4.69, 9.17) is 0 Å². The maximum absolute atomic E-state index is 12.7. The molecule has 8 heteroatoms. The van der Waals surface area contributed by atoms with Crippen LogP contribution in [0.25, 0.3) is 0 Å². The second kappa shape index (κ2) is 6.21. The molecule has 0 aliphatic carbocycles. The normalized spacial score (nSPS) is 23.2. The highest BCUT2D eigenvalue weighted by molar-refractivity contribution is 7.89. The highest BCUT2D eigenvalue weighted by Crippen LogP contribution is 2.31. The Morgan fingerprint density at radius 1 is 1.27 bits per heavy atom. The summed E-state index contributed by atoms with van der Waals surface area (Å²) in [6.45, 7) is 4.94. The molecule has 1 aliphatic heterocycles. The number of rotatable bonds is 4. The summed E-state index contributed by atoms with van der Waals surface area (Å²) >= 11 is 0. The van der Waals surface area contributed by atoms with Gasteiger partial charge in [-0.15, -0.1) is 0 Å². The molecule has 0 bridgehead atoms. The fraction of sp³-hybridized carbons (Fsp3) is 0.571. The molecule has 1 aromatic carbocycles. The predicted octanol–water partition coefficient (Wildman–Crippen LogP) is 2.30. The van der Waals surface area contributed by atoms with Gasteiger partial charge in [0.2, 0.25) is 10.0 Å². The van der Waals surface area contributed by atoms with Gasteiger partial charge in [-0.1, -0.05) is 13.8 Å². The van der Waals surface area contributed by atoms with E-state index in [-0.39, 0.29) is 22.4 Å². The third kappa shape index (κ3) is 3.22. The van der Waals surface area contributed by atoms with E-state index in [2.05, 4.69) is 5.32 Å². The van der Waals surface area contributed by atoms with Crippen LogP contribution in [0.3, 0.4) is 0 Å². The molecule has 1 aromatic rings. The fourth-order valence-electron chi connectivity index (χ4n) is 2.99.